The maximum atomic E-state index is 13.6. The first-order valence-corrected chi connectivity index (χ1v) is 5.97. The average molecular weight is 253 g/mol. The van der Waals surface area contributed by atoms with Gasteiger partial charge in [0.25, 0.3) is 0 Å². The largest absolute Gasteiger partial charge is 0.504 e. The Labute approximate surface area is 105 Å². The Hall–Kier alpha value is -1.62. The zero-order chi connectivity index (χ0) is 13.1. The number of carbonyl (C=O) groups is 1. The molecule has 18 heavy (non-hydrogen) atoms. The molecule has 1 aliphatic rings. The van der Waals surface area contributed by atoms with Crippen molar-refractivity contribution in [2.24, 2.45) is 0 Å². The van der Waals surface area contributed by atoms with Crippen molar-refractivity contribution in [3.05, 3.63) is 29.1 Å². The second-order valence-electron chi connectivity index (χ2n) is 4.39. The van der Waals surface area contributed by atoms with Gasteiger partial charge >= 0.3 is 5.97 Å². The lowest BCUT2D eigenvalue weighted by atomic mass is 9.95. The second kappa shape index (κ2) is 5.35. The van der Waals surface area contributed by atoms with E-state index in [1.165, 1.54) is 19.2 Å². The highest BCUT2D eigenvalue weighted by Gasteiger charge is 2.21. The van der Waals surface area contributed by atoms with E-state index in [4.69, 9.17) is 0 Å². The third kappa shape index (κ3) is 2.46. The molecule has 0 radical (unpaired) electrons. The molecule has 1 unspecified atom stereocenters. The van der Waals surface area contributed by atoms with Gasteiger partial charge in [0.15, 0.2) is 11.6 Å². The van der Waals surface area contributed by atoms with Crippen molar-refractivity contribution in [1.29, 1.82) is 0 Å². The predicted octanol–water partition coefficient (Wildman–Crippen LogP) is 2.13. The fourth-order valence-corrected chi connectivity index (χ4v) is 2.22. The number of methoxy groups -OCH3 is 1. The number of rotatable bonds is 2. The van der Waals surface area contributed by atoms with E-state index in [1.54, 1.807) is 0 Å². The minimum atomic E-state index is -0.791. The molecular formula is C13H16FNO3. The SMILES string of the molecule is COC(=O)c1cc(C2CCCCN2)cc(F)c1O. The summed E-state index contributed by atoms with van der Waals surface area (Å²) < 4.78 is 18.1. The molecule has 0 aliphatic carbocycles. The summed E-state index contributed by atoms with van der Waals surface area (Å²) in [7, 11) is 1.20. The molecule has 0 spiro atoms. The molecule has 5 heteroatoms. The number of benzene rings is 1. The van der Waals surface area contributed by atoms with E-state index in [9.17, 15) is 14.3 Å². The van der Waals surface area contributed by atoms with Crippen molar-refractivity contribution in [2.45, 2.75) is 25.3 Å². The Balaban J connectivity index is 2.36. The Morgan fingerprint density at radius 2 is 2.28 bits per heavy atom. The third-order valence-electron chi connectivity index (χ3n) is 3.20. The molecule has 0 bridgehead atoms. The van der Waals surface area contributed by atoms with Gasteiger partial charge in [-0.15, -0.1) is 0 Å². The van der Waals surface area contributed by atoms with E-state index in [0.717, 1.165) is 25.8 Å². The van der Waals surface area contributed by atoms with E-state index in [0.29, 0.717) is 5.56 Å². The van der Waals surface area contributed by atoms with Crippen molar-refractivity contribution in [1.82, 2.24) is 5.32 Å². The summed E-state index contributed by atoms with van der Waals surface area (Å²) in [6.07, 6.45) is 3.06. The first-order valence-electron chi connectivity index (χ1n) is 5.97. The van der Waals surface area contributed by atoms with Crippen molar-refractivity contribution in [2.75, 3.05) is 13.7 Å². The number of phenolic OH excluding ortho intramolecular Hbond substituents is 1. The fourth-order valence-electron chi connectivity index (χ4n) is 2.22. The molecule has 0 amide bonds. The smallest absolute Gasteiger partial charge is 0.341 e. The van der Waals surface area contributed by atoms with Gasteiger partial charge in [-0.05, 0) is 37.1 Å². The third-order valence-corrected chi connectivity index (χ3v) is 3.20. The number of piperidine rings is 1. The number of carbonyl (C=O) groups excluding carboxylic acids is 1. The van der Waals surface area contributed by atoms with E-state index >= 15 is 0 Å². The minimum Gasteiger partial charge on any atom is -0.504 e. The Kier molecular flexibility index (Phi) is 3.81. The van der Waals surface area contributed by atoms with Crippen LogP contribution in [0.15, 0.2) is 12.1 Å². The Morgan fingerprint density at radius 1 is 1.50 bits per heavy atom. The number of ether oxygens (including phenoxy) is 1. The van der Waals surface area contributed by atoms with Crippen LogP contribution in [0, 0.1) is 5.82 Å². The first kappa shape index (κ1) is 12.8. The second-order valence-corrected chi connectivity index (χ2v) is 4.39. The van der Waals surface area contributed by atoms with Gasteiger partial charge in [0, 0.05) is 6.04 Å². The number of halogens is 1. The summed E-state index contributed by atoms with van der Waals surface area (Å²) >= 11 is 0. The summed E-state index contributed by atoms with van der Waals surface area (Å²) in [6, 6.07) is 2.79. The van der Waals surface area contributed by atoms with Crippen LogP contribution in [0.4, 0.5) is 4.39 Å². The van der Waals surface area contributed by atoms with Crippen LogP contribution in [0.25, 0.3) is 0 Å². The molecule has 4 nitrogen and oxygen atoms in total. The molecule has 1 fully saturated rings. The molecule has 1 atom stereocenters. The molecular weight excluding hydrogens is 237 g/mol. The highest BCUT2D eigenvalue weighted by atomic mass is 19.1. The molecule has 1 heterocycles. The quantitative estimate of drug-likeness (QED) is 0.793. The van der Waals surface area contributed by atoms with Crippen molar-refractivity contribution < 1.29 is 19.0 Å². The topological polar surface area (TPSA) is 58.6 Å². The van der Waals surface area contributed by atoms with Gasteiger partial charge in [-0.1, -0.05) is 6.42 Å². The average Bonchev–Trinajstić information content (AvgIpc) is 2.41. The Bertz CT molecular complexity index is 456. The molecule has 1 aromatic rings. The molecule has 98 valence electrons. The lowest BCUT2D eigenvalue weighted by Crippen LogP contribution is -2.27. The number of nitrogens with one attached hydrogen (secondary N) is 1. The van der Waals surface area contributed by atoms with Crippen molar-refractivity contribution in [3.8, 4) is 5.75 Å². The van der Waals surface area contributed by atoms with Gasteiger partial charge in [0.05, 0.1) is 7.11 Å². The van der Waals surface area contributed by atoms with Gasteiger partial charge < -0.3 is 15.2 Å². The van der Waals surface area contributed by atoms with Gasteiger partial charge in [0.2, 0.25) is 0 Å². The fraction of sp³-hybridized carbons (Fsp3) is 0.462. The maximum absolute atomic E-state index is 13.6. The number of aromatic hydroxyl groups is 1. The summed E-state index contributed by atoms with van der Waals surface area (Å²) in [5.41, 5.74) is 0.547. The molecule has 2 N–H and O–H groups in total. The molecule has 0 aromatic heterocycles. The van der Waals surface area contributed by atoms with Crippen LogP contribution in [-0.4, -0.2) is 24.7 Å². The lowest BCUT2D eigenvalue weighted by molar-refractivity contribution is 0.0596. The van der Waals surface area contributed by atoms with Crippen molar-refractivity contribution in [3.63, 3.8) is 0 Å². The number of esters is 1. The normalized spacial score (nSPS) is 19.6. The molecule has 1 aromatic carbocycles. The Morgan fingerprint density at radius 3 is 2.89 bits per heavy atom. The lowest BCUT2D eigenvalue weighted by Gasteiger charge is -2.24. The predicted molar refractivity (Wildman–Crippen MR) is 64.0 cm³/mol. The standard InChI is InChI=1S/C13H16FNO3/c1-18-13(17)9-6-8(7-10(14)12(9)16)11-4-2-3-5-15-11/h6-7,11,15-16H,2-5H2,1H3. The highest BCUT2D eigenvalue weighted by molar-refractivity contribution is 5.92. The number of hydrogen-bond acceptors (Lipinski definition) is 4. The van der Waals surface area contributed by atoms with Gasteiger partial charge in [-0.2, -0.15) is 0 Å². The van der Waals surface area contributed by atoms with Crippen LogP contribution >= 0.6 is 0 Å². The minimum absolute atomic E-state index is 0.0252. The zero-order valence-electron chi connectivity index (χ0n) is 10.2. The van der Waals surface area contributed by atoms with Crippen LogP contribution in [0.2, 0.25) is 0 Å². The highest BCUT2D eigenvalue weighted by Crippen LogP contribution is 2.30. The van der Waals surface area contributed by atoms with Crippen molar-refractivity contribution >= 4 is 5.97 Å². The van der Waals surface area contributed by atoms with Crippen LogP contribution in [0.3, 0.4) is 0 Å². The van der Waals surface area contributed by atoms with E-state index in [1.807, 2.05) is 0 Å². The first-order chi connectivity index (χ1) is 8.63. The zero-order valence-corrected chi connectivity index (χ0v) is 10.2. The summed E-state index contributed by atoms with van der Waals surface area (Å²) in [5.74, 6) is -2.18. The van der Waals surface area contributed by atoms with Crippen LogP contribution < -0.4 is 5.32 Å². The van der Waals surface area contributed by atoms with Crippen LogP contribution in [-0.2, 0) is 4.74 Å². The van der Waals surface area contributed by atoms with E-state index in [-0.39, 0.29) is 11.6 Å². The molecule has 0 saturated carbocycles. The monoisotopic (exact) mass is 253 g/mol. The van der Waals surface area contributed by atoms with Gasteiger partial charge in [-0.3, -0.25) is 0 Å². The maximum Gasteiger partial charge on any atom is 0.341 e. The molecule has 1 aliphatic heterocycles. The summed E-state index contributed by atoms with van der Waals surface area (Å²) in [5, 5.41) is 12.8. The summed E-state index contributed by atoms with van der Waals surface area (Å²) in [4.78, 5) is 11.5. The van der Waals surface area contributed by atoms with Crippen LogP contribution in [0.5, 0.6) is 5.75 Å². The van der Waals surface area contributed by atoms with E-state index in [2.05, 4.69) is 10.1 Å². The van der Waals surface area contributed by atoms with Crippen LogP contribution in [0.1, 0.15) is 41.2 Å². The van der Waals surface area contributed by atoms with E-state index < -0.39 is 17.5 Å². The van der Waals surface area contributed by atoms with Gasteiger partial charge in [0.1, 0.15) is 5.56 Å². The number of phenols is 1. The summed E-state index contributed by atoms with van der Waals surface area (Å²) in [6.45, 7) is 0.876. The molecule has 2 rings (SSSR count). The van der Waals surface area contributed by atoms with Gasteiger partial charge in [-0.25, -0.2) is 9.18 Å². The number of hydrogen-bond donors (Lipinski definition) is 2. The molecule has 1 saturated heterocycles.